The van der Waals surface area contributed by atoms with Crippen LogP contribution in [0.2, 0.25) is 0 Å². The standard InChI is InChI=1S/C18H21FN6O2S/c1-10(2)14-5-4-13-15(28(21,27)24-14)9-25(3)17(13)18(26)23-11-6-12(8-20)22-16(19)7-11/h6-7,9-10,14H,4-5H2,1-3H3,(H2,21,24,27)(H,22,23,26). The Balaban J connectivity index is 1.99. The molecule has 2 aromatic heterocycles. The number of carbonyl (C=O) groups excluding carboxylic acids is 1. The monoisotopic (exact) mass is 404 g/mol. The second kappa shape index (κ2) is 7.33. The molecule has 2 aromatic rings. The number of hydrogen-bond acceptors (Lipinski definition) is 5. The Morgan fingerprint density at radius 1 is 1.54 bits per heavy atom. The summed E-state index contributed by atoms with van der Waals surface area (Å²) < 4.78 is 39.2. The van der Waals surface area contributed by atoms with Crippen LogP contribution in [0.25, 0.3) is 0 Å². The van der Waals surface area contributed by atoms with Crippen LogP contribution in [0.1, 0.15) is 42.0 Å². The molecule has 3 heterocycles. The van der Waals surface area contributed by atoms with Crippen molar-refractivity contribution < 1.29 is 13.4 Å². The van der Waals surface area contributed by atoms with Crippen molar-refractivity contribution in [2.45, 2.75) is 37.6 Å². The molecule has 0 spiro atoms. The van der Waals surface area contributed by atoms with Crippen LogP contribution in [0, 0.1) is 28.0 Å². The highest BCUT2D eigenvalue weighted by molar-refractivity contribution is 7.90. The number of nitrogens with zero attached hydrogens (tertiary/aromatic N) is 3. The second-order valence-corrected chi connectivity index (χ2v) is 8.91. The molecule has 148 valence electrons. The summed E-state index contributed by atoms with van der Waals surface area (Å²) in [6, 6.07) is 3.92. The molecule has 2 unspecified atom stereocenters. The van der Waals surface area contributed by atoms with Crippen LogP contribution in [0.15, 0.2) is 23.2 Å². The molecular formula is C18H21FN6O2S. The van der Waals surface area contributed by atoms with E-state index in [1.807, 2.05) is 13.8 Å². The summed E-state index contributed by atoms with van der Waals surface area (Å²) in [5.74, 6) is -1.22. The molecule has 28 heavy (non-hydrogen) atoms. The zero-order chi connectivity index (χ0) is 20.6. The Bertz CT molecular complexity index is 1080. The first-order chi connectivity index (χ1) is 13.1. The number of hydrogen-bond donors (Lipinski definition) is 3. The number of fused-ring (bicyclic) bond motifs is 1. The van der Waals surface area contributed by atoms with E-state index >= 15 is 0 Å². The summed E-state index contributed by atoms with van der Waals surface area (Å²) in [6.45, 7) is 3.98. The van der Waals surface area contributed by atoms with Gasteiger partial charge in [-0.1, -0.05) is 13.8 Å². The van der Waals surface area contributed by atoms with Gasteiger partial charge in [0.15, 0.2) is 0 Å². The highest BCUT2D eigenvalue weighted by atomic mass is 32.2. The van der Waals surface area contributed by atoms with Gasteiger partial charge in [0, 0.05) is 36.6 Å². The fourth-order valence-electron chi connectivity index (χ4n) is 3.36. The number of carbonyl (C=O) groups is 1. The molecule has 0 bridgehead atoms. The molecule has 3 rings (SSSR count). The van der Waals surface area contributed by atoms with Crippen molar-refractivity contribution in [2.75, 3.05) is 5.32 Å². The summed E-state index contributed by atoms with van der Waals surface area (Å²) in [4.78, 5) is 16.6. The summed E-state index contributed by atoms with van der Waals surface area (Å²) in [7, 11) is -1.63. The molecule has 0 aromatic carbocycles. The first kappa shape index (κ1) is 20.0. The van der Waals surface area contributed by atoms with Gasteiger partial charge in [0.05, 0.1) is 4.90 Å². The van der Waals surface area contributed by atoms with Gasteiger partial charge in [-0.15, -0.1) is 0 Å². The van der Waals surface area contributed by atoms with E-state index in [1.54, 1.807) is 13.1 Å². The largest absolute Gasteiger partial charge is 0.345 e. The lowest BCUT2D eigenvalue weighted by Gasteiger charge is -2.20. The van der Waals surface area contributed by atoms with E-state index in [0.29, 0.717) is 23.3 Å². The quantitative estimate of drug-likeness (QED) is 0.680. The minimum atomic E-state index is -3.26. The number of rotatable bonds is 3. The third kappa shape index (κ3) is 3.76. The molecule has 1 aliphatic heterocycles. The average Bonchev–Trinajstić information content (AvgIpc) is 2.88. The van der Waals surface area contributed by atoms with E-state index in [4.69, 9.17) is 10.0 Å². The maximum absolute atomic E-state index is 13.5. The van der Waals surface area contributed by atoms with E-state index in [9.17, 15) is 13.4 Å². The van der Waals surface area contributed by atoms with Gasteiger partial charge in [-0.25, -0.2) is 18.7 Å². The van der Waals surface area contributed by atoms with Gasteiger partial charge in [0.25, 0.3) is 5.91 Å². The van der Waals surface area contributed by atoms with Gasteiger partial charge < -0.3 is 9.88 Å². The third-order valence-corrected chi connectivity index (χ3v) is 6.37. The summed E-state index contributed by atoms with van der Waals surface area (Å²) in [6.07, 6.45) is 2.65. The molecule has 10 heteroatoms. The Morgan fingerprint density at radius 2 is 2.25 bits per heavy atom. The Hall–Kier alpha value is -2.77. The summed E-state index contributed by atoms with van der Waals surface area (Å²) in [5.41, 5.74) is 0.754. The molecule has 0 fully saturated rings. The Labute approximate surface area is 162 Å². The minimum absolute atomic E-state index is 0.0995. The molecule has 2 atom stereocenters. The lowest BCUT2D eigenvalue weighted by Crippen LogP contribution is -2.36. The maximum atomic E-state index is 13.5. The van der Waals surface area contributed by atoms with Crippen molar-refractivity contribution in [1.82, 2.24) is 14.3 Å². The topological polar surface area (TPSA) is 124 Å². The van der Waals surface area contributed by atoms with E-state index in [0.717, 1.165) is 6.07 Å². The van der Waals surface area contributed by atoms with Crippen LogP contribution in [-0.4, -0.2) is 25.7 Å². The fourth-order valence-corrected chi connectivity index (χ4v) is 5.15. The molecular weight excluding hydrogens is 383 g/mol. The third-order valence-electron chi connectivity index (χ3n) is 4.77. The number of pyridine rings is 1. The van der Waals surface area contributed by atoms with E-state index < -0.39 is 21.8 Å². The highest BCUT2D eigenvalue weighted by Crippen LogP contribution is 2.29. The van der Waals surface area contributed by atoms with Crippen LogP contribution in [0.5, 0.6) is 0 Å². The minimum Gasteiger partial charge on any atom is -0.345 e. The zero-order valence-electron chi connectivity index (χ0n) is 15.7. The second-order valence-electron chi connectivity index (χ2n) is 7.12. The lowest BCUT2D eigenvalue weighted by atomic mass is 9.97. The van der Waals surface area contributed by atoms with Crippen LogP contribution in [0.4, 0.5) is 10.1 Å². The maximum Gasteiger partial charge on any atom is 0.272 e. The van der Waals surface area contributed by atoms with Crippen LogP contribution >= 0.6 is 0 Å². The highest BCUT2D eigenvalue weighted by Gasteiger charge is 2.31. The Morgan fingerprint density at radius 3 is 2.89 bits per heavy atom. The van der Waals surface area contributed by atoms with E-state index in [1.165, 1.54) is 16.8 Å². The van der Waals surface area contributed by atoms with Crippen molar-refractivity contribution in [3.05, 3.63) is 41.2 Å². The number of nitrogens with one attached hydrogen (secondary N) is 3. The smallest absolute Gasteiger partial charge is 0.272 e. The number of nitriles is 1. The molecule has 8 nitrogen and oxygen atoms in total. The van der Waals surface area contributed by atoms with Crippen molar-refractivity contribution in [3.63, 3.8) is 0 Å². The van der Waals surface area contributed by atoms with Crippen LogP contribution in [-0.2, 0) is 23.4 Å². The molecule has 1 amide bonds. The predicted molar refractivity (Wildman–Crippen MR) is 101 cm³/mol. The van der Waals surface area contributed by atoms with Crippen molar-refractivity contribution in [1.29, 1.82) is 10.0 Å². The normalized spacial score (nSPS) is 21.6. The van der Waals surface area contributed by atoms with Crippen molar-refractivity contribution in [3.8, 4) is 6.07 Å². The fraction of sp³-hybridized carbons (Fsp3) is 0.389. The molecule has 0 saturated heterocycles. The number of amides is 1. The first-order valence-corrected chi connectivity index (χ1v) is 10.3. The number of aromatic nitrogens is 2. The molecule has 0 saturated carbocycles. The van der Waals surface area contributed by atoms with Gasteiger partial charge in [0.2, 0.25) is 5.95 Å². The van der Waals surface area contributed by atoms with Crippen molar-refractivity contribution >= 4 is 21.5 Å². The van der Waals surface area contributed by atoms with Gasteiger partial charge in [-0.3, -0.25) is 4.79 Å². The van der Waals surface area contributed by atoms with Gasteiger partial charge in [-0.05, 0) is 24.8 Å². The first-order valence-electron chi connectivity index (χ1n) is 8.75. The van der Waals surface area contributed by atoms with E-state index in [2.05, 4.69) is 15.0 Å². The van der Waals surface area contributed by atoms with Crippen LogP contribution < -0.4 is 10.0 Å². The van der Waals surface area contributed by atoms with Gasteiger partial charge in [0.1, 0.15) is 27.4 Å². The van der Waals surface area contributed by atoms with Crippen molar-refractivity contribution in [2.24, 2.45) is 13.0 Å². The average molecular weight is 404 g/mol. The Kier molecular flexibility index (Phi) is 5.23. The zero-order valence-corrected chi connectivity index (χ0v) is 16.6. The molecule has 0 aliphatic carbocycles. The molecule has 3 N–H and O–H groups in total. The molecule has 1 aliphatic rings. The van der Waals surface area contributed by atoms with Gasteiger partial charge in [-0.2, -0.15) is 9.65 Å². The number of aryl methyl sites for hydroxylation is 1. The van der Waals surface area contributed by atoms with E-state index in [-0.39, 0.29) is 29.0 Å². The summed E-state index contributed by atoms with van der Waals surface area (Å²) in [5, 5.41) is 11.5. The number of anilines is 1. The van der Waals surface area contributed by atoms with Crippen LogP contribution in [0.3, 0.4) is 0 Å². The lowest BCUT2D eigenvalue weighted by molar-refractivity contribution is 0.101. The molecule has 0 radical (unpaired) electrons. The number of halogens is 1. The predicted octanol–water partition coefficient (Wildman–Crippen LogP) is 2.56. The SMILES string of the molecule is CC(C)C1CCc2c(cn(C)c2C(=O)Nc2cc(F)nc(C#N)c2)S(=N)(=O)N1. The summed E-state index contributed by atoms with van der Waals surface area (Å²) >= 11 is 0. The van der Waals surface area contributed by atoms with Gasteiger partial charge >= 0.3 is 0 Å².